The minimum Gasteiger partial charge on any atom is -0.489 e. The number of pyridine rings is 1. The molecule has 0 unspecified atom stereocenters. The maximum atomic E-state index is 13.1. The summed E-state index contributed by atoms with van der Waals surface area (Å²) < 4.78 is 18.5. The molecule has 0 aliphatic heterocycles. The quantitative estimate of drug-likeness (QED) is 0.278. The second kappa shape index (κ2) is 16.8. The van der Waals surface area contributed by atoms with Crippen molar-refractivity contribution in [2.75, 3.05) is 26.2 Å². The van der Waals surface area contributed by atoms with Crippen molar-refractivity contribution in [2.24, 2.45) is 0 Å². The van der Waals surface area contributed by atoms with E-state index in [0.717, 1.165) is 42.6 Å². The van der Waals surface area contributed by atoms with Crippen LogP contribution in [-0.4, -0.2) is 48.4 Å². The summed E-state index contributed by atoms with van der Waals surface area (Å²) in [7, 11) is 0. The Morgan fingerprint density at radius 2 is 1.78 bits per heavy atom. The molecule has 7 nitrogen and oxygen atoms in total. The van der Waals surface area contributed by atoms with Gasteiger partial charge in [0.1, 0.15) is 18.2 Å². The van der Waals surface area contributed by atoms with Gasteiger partial charge in [0.25, 0.3) is 0 Å². The number of carbonyl (C=O) groups is 2. The van der Waals surface area contributed by atoms with Crippen LogP contribution in [0.25, 0.3) is 0 Å². The average molecular weight is 495 g/mol. The zero-order valence-corrected chi connectivity index (χ0v) is 21.0. The van der Waals surface area contributed by atoms with E-state index in [9.17, 15) is 14.0 Å². The van der Waals surface area contributed by atoms with Gasteiger partial charge in [0.15, 0.2) is 0 Å². The Morgan fingerprint density at radius 3 is 2.44 bits per heavy atom. The van der Waals surface area contributed by atoms with E-state index in [2.05, 4.69) is 15.6 Å². The van der Waals surface area contributed by atoms with Crippen molar-refractivity contribution in [3.05, 3.63) is 95.6 Å². The first kappa shape index (κ1) is 28.5. The highest BCUT2D eigenvalue weighted by Crippen LogP contribution is 2.17. The lowest BCUT2D eigenvalue weighted by molar-refractivity contribution is -0.119. The minimum atomic E-state index is -0.273. The van der Waals surface area contributed by atoms with Gasteiger partial charge in [0.05, 0.1) is 0 Å². The number of aryl methyl sites for hydroxylation is 1. The zero-order valence-electron chi connectivity index (χ0n) is 21.0. The smallest absolute Gasteiger partial charge is 0.216 e. The minimum absolute atomic E-state index is 0.00000821. The van der Waals surface area contributed by atoms with Gasteiger partial charge in [-0.2, -0.15) is 0 Å². The van der Waals surface area contributed by atoms with Gasteiger partial charge in [-0.3, -0.25) is 14.6 Å². The van der Waals surface area contributed by atoms with Crippen LogP contribution >= 0.6 is 0 Å². The molecule has 0 saturated carbocycles. The van der Waals surface area contributed by atoms with E-state index in [-0.39, 0.29) is 11.7 Å². The Hall–Kier alpha value is -3.78. The Kier molecular flexibility index (Phi) is 13.3. The maximum Gasteiger partial charge on any atom is 0.216 e. The summed E-state index contributed by atoms with van der Waals surface area (Å²) in [6.45, 7) is 7.36. The predicted molar refractivity (Wildman–Crippen MR) is 139 cm³/mol. The number of carbonyl (C=O) groups excluding carboxylic acids is 2. The molecule has 0 aliphatic carbocycles. The first-order valence-corrected chi connectivity index (χ1v) is 11.9. The number of rotatable bonds is 13. The molecule has 8 heteroatoms. The van der Waals surface area contributed by atoms with E-state index >= 15 is 0 Å². The lowest BCUT2D eigenvalue weighted by Gasteiger charge is -2.17. The number of hydrogen-bond acceptors (Lipinski definition) is 5. The van der Waals surface area contributed by atoms with Crippen molar-refractivity contribution < 1.29 is 18.7 Å². The van der Waals surface area contributed by atoms with Crippen LogP contribution in [0.15, 0.2) is 73.1 Å². The lowest BCUT2D eigenvalue weighted by Crippen LogP contribution is -2.32. The second-order valence-electron chi connectivity index (χ2n) is 8.26. The second-order valence-corrected chi connectivity index (χ2v) is 8.26. The van der Waals surface area contributed by atoms with Crippen molar-refractivity contribution in [3.63, 3.8) is 0 Å². The van der Waals surface area contributed by atoms with Crippen LogP contribution < -0.4 is 15.4 Å². The number of halogens is 1. The summed E-state index contributed by atoms with van der Waals surface area (Å²) >= 11 is 0. The van der Waals surface area contributed by atoms with Crippen molar-refractivity contribution in [2.45, 2.75) is 33.4 Å². The fraction of sp³-hybridized carbons (Fsp3) is 0.321. The summed E-state index contributed by atoms with van der Waals surface area (Å²) in [6.07, 6.45) is 5.18. The number of amides is 2. The standard InChI is InChI=1S/C15H23N3O2.C13H12FNO/c1-14(20)17-9-5-8-16-10-11-18(13-19)12-15-6-3-2-4-7-15;1-10-6-12(14)8-13(7-10)16-9-11-2-4-15-5-3-11/h2-4,6-7,13,16H,5,8-12H2,1H3,(H,17,20);2-8H,9H2,1H3. The van der Waals surface area contributed by atoms with Gasteiger partial charge in [0.2, 0.25) is 12.3 Å². The molecule has 0 bridgehead atoms. The Balaban J connectivity index is 0.000000259. The van der Waals surface area contributed by atoms with E-state index in [4.69, 9.17) is 4.74 Å². The van der Waals surface area contributed by atoms with Gasteiger partial charge in [-0.15, -0.1) is 0 Å². The Labute approximate surface area is 212 Å². The van der Waals surface area contributed by atoms with E-state index in [0.29, 0.717) is 32.0 Å². The number of hydrogen-bond donors (Lipinski definition) is 2. The van der Waals surface area contributed by atoms with Gasteiger partial charge < -0.3 is 20.3 Å². The molecule has 0 saturated heterocycles. The molecule has 0 radical (unpaired) electrons. The topological polar surface area (TPSA) is 83.6 Å². The summed E-state index contributed by atoms with van der Waals surface area (Å²) in [6, 6.07) is 18.3. The highest BCUT2D eigenvalue weighted by atomic mass is 19.1. The van der Waals surface area contributed by atoms with Crippen LogP contribution in [0.4, 0.5) is 4.39 Å². The number of ether oxygens (including phenoxy) is 1. The normalized spacial score (nSPS) is 10.1. The summed E-state index contributed by atoms with van der Waals surface area (Å²) in [4.78, 5) is 27.3. The fourth-order valence-electron chi connectivity index (χ4n) is 3.24. The van der Waals surface area contributed by atoms with E-state index in [1.54, 1.807) is 17.3 Å². The van der Waals surface area contributed by atoms with Crippen LogP contribution in [-0.2, 0) is 22.7 Å². The van der Waals surface area contributed by atoms with Crippen LogP contribution in [0.1, 0.15) is 30.0 Å². The summed E-state index contributed by atoms with van der Waals surface area (Å²) in [5.74, 6) is 0.277. The molecule has 36 heavy (non-hydrogen) atoms. The van der Waals surface area contributed by atoms with Crippen LogP contribution in [0.5, 0.6) is 5.75 Å². The molecule has 1 aromatic heterocycles. The zero-order chi connectivity index (χ0) is 26.0. The van der Waals surface area contributed by atoms with Gasteiger partial charge in [0, 0.05) is 51.6 Å². The molecule has 3 aromatic rings. The third kappa shape index (κ3) is 12.6. The molecule has 0 fully saturated rings. The van der Waals surface area contributed by atoms with Gasteiger partial charge in [-0.1, -0.05) is 30.3 Å². The molecule has 2 N–H and O–H groups in total. The van der Waals surface area contributed by atoms with Crippen LogP contribution in [0.2, 0.25) is 0 Å². The largest absolute Gasteiger partial charge is 0.489 e. The molecular weight excluding hydrogens is 459 g/mol. The van der Waals surface area contributed by atoms with Gasteiger partial charge in [-0.05, 0) is 60.8 Å². The van der Waals surface area contributed by atoms with Crippen LogP contribution in [0.3, 0.4) is 0 Å². The molecule has 0 spiro atoms. The Morgan fingerprint density at radius 1 is 1.03 bits per heavy atom. The summed E-state index contributed by atoms with van der Waals surface area (Å²) in [5, 5.41) is 6.00. The molecule has 0 atom stereocenters. The number of nitrogens with one attached hydrogen (secondary N) is 2. The molecule has 2 aromatic carbocycles. The molecular formula is C28H35FN4O3. The summed E-state index contributed by atoms with van der Waals surface area (Å²) in [5.41, 5.74) is 2.99. The first-order chi connectivity index (χ1) is 17.5. The van der Waals surface area contributed by atoms with Gasteiger partial charge >= 0.3 is 0 Å². The van der Waals surface area contributed by atoms with E-state index in [1.165, 1.54) is 19.1 Å². The average Bonchev–Trinajstić information content (AvgIpc) is 2.87. The van der Waals surface area contributed by atoms with Crippen molar-refractivity contribution in [3.8, 4) is 5.75 Å². The Bertz CT molecular complexity index is 1020. The predicted octanol–water partition coefficient (Wildman–Crippen LogP) is 3.87. The molecule has 2 amide bonds. The third-order valence-electron chi connectivity index (χ3n) is 5.03. The number of benzene rings is 2. The molecule has 192 valence electrons. The van der Waals surface area contributed by atoms with E-state index < -0.39 is 0 Å². The van der Waals surface area contributed by atoms with Gasteiger partial charge in [-0.25, -0.2) is 4.39 Å². The van der Waals surface area contributed by atoms with Crippen LogP contribution in [0, 0.1) is 12.7 Å². The first-order valence-electron chi connectivity index (χ1n) is 11.9. The highest BCUT2D eigenvalue weighted by Gasteiger charge is 2.02. The van der Waals surface area contributed by atoms with Crippen molar-refractivity contribution in [1.82, 2.24) is 20.5 Å². The van der Waals surface area contributed by atoms with E-state index in [1.807, 2.05) is 55.5 Å². The monoisotopic (exact) mass is 494 g/mol. The molecule has 3 rings (SSSR count). The fourth-order valence-corrected chi connectivity index (χ4v) is 3.24. The third-order valence-corrected chi connectivity index (χ3v) is 5.03. The number of aromatic nitrogens is 1. The van der Waals surface area contributed by atoms with Crippen molar-refractivity contribution in [1.29, 1.82) is 0 Å². The molecule has 1 heterocycles. The van der Waals surface area contributed by atoms with Crippen molar-refractivity contribution >= 4 is 12.3 Å². The number of nitrogens with zero attached hydrogens (tertiary/aromatic N) is 2. The maximum absolute atomic E-state index is 13.1. The highest BCUT2D eigenvalue weighted by molar-refractivity contribution is 5.72. The molecule has 0 aliphatic rings. The SMILES string of the molecule is CC(=O)NCCCNCCN(C=O)Cc1ccccc1.Cc1cc(F)cc(OCc2ccncc2)c1. The lowest BCUT2D eigenvalue weighted by atomic mass is 10.2.